The van der Waals surface area contributed by atoms with Crippen LogP contribution in [0.15, 0.2) is 63.1 Å². The first kappa shape index (κ1) is 102. The summed E-state index contributed by atoms with van der Waals surface area (Å²) >= 11 is 10.6. The smallest absolute Gasteiger partial charge is 0.469 e. The summed E-state index contributed by atoms with van der Waals surface area (Å²) in [6.07, 6.45) is -21.8. The lowest BCUT2D eigenvalue weighted by Gasteiger charge is -2.27. The van der Waals surface area contributed by atoms with Crippen molar-refractivity contribution in [3.63, 3.8) is 0 Å². The number of carbonyl (C=O) groups is 4. The van der Waals surface area contributed by atoms with Gasteiger partial charge >= 0.3 is 99.6 Å². The van der Waals surface area contributed by atoms with Crippen molar-refractivity contribution in [2.24, 2.45) is 0 Å². The highest BCUT2D eigenvalue weighted by atomic mass is 35.9. The van der Waals surface area contributed by atoms with Gasteiger partial charge in [-0.15, -0.1) is 0 Å². The predicted octanol–water partition coefficient (Wildman–Crippen LogP) is -5.57. The summed E-state index contributed by atoms with van der Waals surface area (Å²) in [5, 5.41) is 50.4. The number of nitrogens with zero attached hydrogens (tertiary/aromatic N) is 4. The quantitative estimate of drug-likeness (QED) is 0.0131. The molecule has 119 heavy (non-hydrogen) atoms. The Bertz CT molecular complexity index is 5150. The minimum absolute atomic E-state index is 0.00292. The molecule has 0 spiro atoms. The molecule has 20 atom stereocenters. The Labute approximate surface area is 670 Å². The molecule has 4 aromatic rings. The average molecular weight is 1900 g/mol. The molecule has 5 saturated heterocycles. The van der Waals surface area contributed by atoms with Crippen LogP contribution >= 0.6 is 75.5 Å². The van der Waals surface area contributed by atoms with Crippen molar-refractivity contribution in [3.8, 4) is 0 Å². The van der Waals surface area contributed by atoms with Crippen LogP contribution in [0.5, 0.6) is 0 Å². The standard InChI is InChI=1S/C13H17Cl2N2O9P.C13H21N2O17P3.C13H19N2O16P3.C13H18N2O8/c1-23-8(18)3-6-4-17(13(21)16-11(6)20)12-10(24-2)9(19)7(26-12)5-25-27(14,15)22;1-27-8(16)3-6-4-15(13(19)14-11(6)18)12-10(28-2)9(17)7(30-12)5-29-34(23,24)32-35(25,26)31-33(20,21)22;1-25-8(16)3-6-4-15(13(19)14-11(6)18)12-10(26-2)9(17)7(28-12)5-27-34(24)30-32(20,21)29-33(22,23)31-34;1-21-8(17)3-6-4-15(13(20)14-11(6)19)12-10(22-2)9(18)7(5-16)23-12/h4,7,9-10,12,19H,3,5H2,1-2H3,(H,16,20,21);4,7,9-10,12,17H,3,5H2,1-2H3,(H,23,24)(H,25,26)(H,14,18,19)(H2,20,21,22);4,7,9-10,12,17H,3,5H2,1-2H3,(H,20,21)(H,22,23)(H,14,18,19);4,7,9-10,12,16,18H,3,5H2,1-2H3,(H,14,19,20)/t4*7-,9+,10?,12-/m1111/s1. The number of esters is 4. The molecule has 9 heterocycles. The number of aliphatic hydroxyl groups excluding tert-OH is 5. The number of methoxy groups -OCH3 is 8. The highest BCUT2D eigenvalue weighted by Gasteiger charge is 2.56. The zero-order valence-electron chi connectivity index (χ0n) is 61.7. The SMILES string of the molecule is COC(=O)Cc1cn([C@@H]2O[C@H](CO)[C@H](O)C2OC)c(=O)[nH]c1=O.COC(=O)Cc1cn([C@@H]2O[C@H](COP(=O)(Cl)Cl)[C@H](O)C2OC)c(=O)[nH]c1=O.COC(=O)Cc1cn([C@@H]2O[C@H](COP(=O)(O)OP(=O)(O)OP(=O)(O)O)[C@H](O)C2OC)c(=O)[nH]c1=O.COC(=O)Cc1cn([C@@H]2O[C@H](COP3(=O)OP(=O)(O)OP(=O)(O)O3)[C@H](O)C2OC)c(=O)[nH]c1=O. The van der Waals surface area contributed by atoms with E-state index in [0.717, 1.165) is 78.6 Å². The van der Waals surface area contributed by atoms with E-state index < -0.39 is 259 Å². The number of rotatable bonds is 30. The number of hydrogen-bond donors (Lipinski definition) is 15. The monoisotopic (exact) mass is 1900 g/mol. The van der Waals surface area contributed by atoms with Crippen molar-refractivity contribution < 1.29 is 198 Å². The molecule has 0 bridgehead atoms. The number of hydrogen-bond acceptors (Lipinski definition) is 44. The highest BCUT2D eigenvalue weighted by molar-refractivity contribution is 8.05. The molecule has 5 aliphatic heterocycles. The zero-order chi connectivity index (χ0) is 89.7. The van der Waals surface area contributed by atoms with E-state index in [-0.39, 0.29) is 35.1 Å². The largest absolute Gasteiger partial charge is 0.492 e. The Hall–Kier alpha value is -6.29. The Morgan fingerprint density at radius 3 is 0.958 bits per heavy atom. The molecule has 58 nitrogen and oxygen atoms in total. The van der Waals surface area contributed by atoms with Crippen molar-refractivity contribution in [2.45, 2.75) is 124 Å². The van der Waals surface area contributed by atoms with Crippen molar-refractivity contribution in [2.75, 3.05) is 83.3 Å². The van der Waals surface area contributed by atoms with Crippen LogP contribution in [-0.2, 0) is 169 Å². The minimum Gasteiger partial charge on any atom is -0.469 e. The van der Waals surface area contributed by atoms with Gasteiger partial charge in [-0.05, 0) is 22.5 Å². The number of aromatic nitrogens is 8. The van der Waals surface area contributed by atoms with Gasteiger partial charge in [0.1, 0.15) is 73.2 Å². The molecule has 67 heteroatoms. The third-order valence-corrected chi connectivity index (χ3v) is 26.5. The van der Waals surface area contributed by atoms with Crippen LogP contribution in [0.4, 0.5) is 0 Å². The molecule has 0 saturated carbocycles. The van der Waals surface area contributed by atoms with Gasteiger partial charge in [-0.2, -0.15) is 21.6 Å². The van der Waals surface area contributed by atoms with Gasteiger partial charge in [-0.3, -0.25) is 90.2 Å². The second-order valence-electron chi connectivity index (χ2n) is 24.0. The van der Waals surface area contributed by atoms with Gasteiger partial charge in [-0.25, -0.2) is 46.6 Å². The van der Waals surface area contributed by atoms with Gasteiger partial charge in [0.15, 0.2) is 24.9 Å². The minimum atomic E-state index is -5.77. The number of aliphatic hydroxyl groups is 5. The molecule has 8 unspecified atom stereocenters. The van der Waals surface area contributed by atoms with Crippen molar-refractivity contribution in [1.29, 1.82) is 0 Å². The summed E-state index contributed by atoms with van der Waals surface area (Å²) in [7, 11) is -23.3. The van der Waals surface area contributed by atoms with Crippen LogP contribution < -0.4 is 45.0 Å². The Morgan fingerprint density at radius 2 is 0.697 bits per heavy atom. The molecule has 15 N–H and O–H groups in total. The van der Waals surface area contributed by atoms with E-state index in [1.807, 2.05) is 9.97 Å². The second-order valence-corrected chi connectivity index (χ2v) is 37.7. The fourth-order valence-corrected chi connectivity index (χ4v) is 19.5. The van der Waals surface area contributed by atoms with Crippen LogP contribution in [0.2, 0.25) is 0 Å². The maximum atomic E-state index is 12.4. The molecule has 0 aliphatic carbocycles. The lowest BCUT2D eigenvalue weighted by molar-refractivity contribution is -0.140. The van der Waals surface area contributed by atoms with Gasteiger partial charge in [0.25, 0.3) is 22.2 Å². The average Bonchev–Trinajstić information content (AvgIpc) is 1.48. The maximum absolute atomic E-state index is 12.4. The van der Waals surface area contributed by atoms with Gasteiger partial charge in [0.05, 0.1) is 80.6 Å². The first-order valence-corrected chi connectivity index (χ1v) is 44.7. The molecule has 9 rings (SSSR count). The number of nitrogens with one attached hydrogen (secondary N) is 4. The lowest BCUT2D eigenvalue weighted by Crippen LogP contribution is -2.40. The number of phosphoric ester groups is 1. The number of carbonyl (C=O) groups excluding carboxylic acids is 4. The molecular formula is C52H75Cl2N8O50P7. The van der Waals surface area contributed by atoms with Crippen LogP contribution in [-0.4, -0.2) is 274 Å². The summed E-state index contributed by atoms with van der Waals surface area (Å²) in [6, 6.07) is 0. The number of halogens is 2. The van der Waals surface area contributed by atoms with E-state index in [1.165, 1.54) is 21.3 Å². The molecule has 672 valence electrons. The van der Waals surface area contributed by atoms with Crippen molar-refractivity contribution >= 4 is 99.4 Å². The van der Waals surface area contributed by atoms with E-state index in [1.54, 1.807) is 0 Å². The maximum Gasteiger partial charge on any atom is 0.492 e. The van der Waals surface area contributed by atoms with Gasteiger partial charge < -0.3 is 116 Å². The second kappa shape index (κ2) is 42.4. The summed E-state index contributed by atoms with van der Waals surface area (Å²) in [6.45, 7) is -2.85. The van der Waals surface area contributed by atoms with Crippen molar-refractivity contribution in [3.05, 3.63) is 130 Å². The van der Waals surface area contributed by atoms with Gasteiger partial charge in [-0.1, -0.05) is 0 Å². The van der Waals surface area contributed by atoms with Crippen LogP contribution in [0, 0.1) is 0 Å². The van der Waals surface area contributed by atoms with Crippen molar-refractivity contribution in [1.82, 2.24) is 38.2 Å². The van der Waals surface area contributed by atoms with E-state index in [0.29, 0.717) is 0 Å². The Kier molecular flexibility index (Phi) is 36.2. The topological polar surface area (TPSA) is 814 Å². The summed E-state index contributed by atoms with van der Waals surface area (Å²) in [4.78, 5) is 205. The van der Waals surface area contributed by atoms with Crippen LogP contribution in [0.3, 0.4) is 0 Å². The zero-order valence-corrected chi connectivity index (χ0v) is 69.5. The molecular weight excluding hydrogens is 1820 g/mol. The Morgan fingerprint density at radius 1 is 0.429 bits per heavy atom. The summed E-state index contributed by atoms with van der Waals surface area (Å²) in [5.41, 5.74) is -7.36. The number of aromatic amines is 4. The molecule has 5 aliphatic rings. The van der Waals surface area contributed by atoms with Crippen LogP contribution in [0.1, 0.15) is 47.2 Å². The lowest BCUT2D eigenvalue weighted by atomic mass is 10.1. The van der Waals surface area contributed by atoms with E-state index in [4.69, 9.17) is 84.1 Å². The number of phosphoric acid groups is 6. The van der Waals surface area contributed by atoms with E-state index in [2.05, 4.69) is 55.0 Å². The van der Waals surface area contributed by atoms with Gasteiger partial charge in [0.2, 0.25) is 0 Å². The third kappa shape index (κ3) is 27.9. The fourth-order valence-electron chi connectivity index (χ4n) is 10.9. The Balaban J connectivity index is 0.000000249. The molecule has 4 aromatic heterocycles. The first-order chi connectivity index (χ1) is 55.2. The van der Waals surface area contributed by atoms with Gasteiger partial charge in [0, 0.05) is 75.5 Å². The molecule has 0 aromatic carbocycles. The summed E-state index contributed by atoms with van der Waals surface area (Å²) in [5.74, 6) is -2.91. The normalized spacial score (nSPS) is 29.6. The summed E-state index contributed by atoms with van der Waals surface area (Å²) < 4.78 is 177. The number of H-pyrrole nitrogens is 4. The van der Waals surface area contributed by atoms with E-state index in [9.17, 15) is 130 Å². The highest BCUT2D eigenvalue weighted by Crippen LogP contribution is 2.80. The van der Waals surface area contributed by atoms with E-state index >= 15 is 0 Å². The first-order valence-electron chi connectivity index (χ1n) is 32.3. The third-order valence-electron chi connectivity index (χ3n) is 16.2. The predicted molar refractivity (Wildman–Crippen MR) is 380 cm³/mol. The van der Waals surface area contributed by atoms with Crippen LogP contribution in [0.25, 0.3) is 0 Å². The fraction of sp³-hybridized carbons (Fsp3) is 0.615. The molecule has 0 radical (unpaired) electrons. The molecule has 0 amide bonds. The number of ether oxygens (including phenoxy) is 12. The molecule has 5 fully saturated rings.